The van der Waals surface area contributed by atoms with Crippen molar-refractivity contribution in [2.75, 3.05) is 40.1 Å². The van der Waals surface area contributed by atoms with Gasteiger partial charge in [0.25, 0.3) is 5.91 Å². The fourth-order valence-corrected chi connectivity index (χ4v) is 4.08. The Kier molecular flexibility index (Phi) is 10.0. The summed E-state index contributed by atoms with van der Waals surface area (Å²) in [6.45, 7) is 8.69. The normalized spacial score (nSPS) is 24.3. The van der Waals surface area contributed by atoms with Gasteiger partial charge in [-0.05, 0) is 44.4 Å². The molecule has 0 radical (unpaired) electrons. The predicted molar refractivity (Wildman–Crippen MR) is 117 cm³/mol. The molecule has 33 heavy (non-hydrogen) atoms. The van der Waals surface area contributed by atoms with Crippen LogP contribution < -0.4 is 0 Å². The number of cyclic esters (lactones) is 1. The second-order valence-electron chi connectivity index (χ2n) is 8.64. The number of carbonyl (C=O) groups is 3. The van der Waals surface area contributed by atoms with E-state index in [-0.39, 0.29) is 19.1 Å². The maximum atomic E-state index is 13.3. The van der Waals surface area contributed by atoms with Crippen LogP contribution in [0.2, 0.25) is 0 Å². The highest BCUT2D eigenvalue weighted by molar-refractivity contribution is 6.03. The zero-order chi connectivity index (χ0) is 24.6. The van der Waals surface area contributed by atoms with Crippen molar-refractivity contribution < 1.29 is 43.2 Å². The number of rotatable bonds is 12. The van der Waals surface area contributed by atoms with Crippen LogP contribution in [-0.4, -0.2) is 91.8 Å². The molecule has 1 fully saturated rings. The lowest BCUT2D eigenvalue weighted by atomic mass is 9.88. The van der Waals surface area contributed by atoms with E-state index in [1.807, 2.05) is 13.8 Å². The van der Waals surface area contributed by atoms with Crippen molar-refractivity contribution >= 4 is 17.8 Å². The highest BCUT2D eigenvalue weighted by Gasteiger charge is 2.54. The Hall–Kier alpha value is -2.27. The highest BCUT2D eigenvalue weighted by atomic mass is 16.6. The molecular weight excluding hydrogens is 434 g/mol. The fourth-order valence-electron chi connectivity index (χ4n) is 4.08. The average molecular weight is 470 g/mol. The molecule has 3 atom stereocenters. The maximum Gasteiger partial charge on any atom is 0.417 e. The van der Waals surface area contributed by atoms with E-state index < -0.39 is 41.6 Å². The van der Waals surface area contributed by atoms with Gasteiger partial charge in [-0.25, -0.2) is 9.69 Å². The standard InChI is InChI=1S/C23H35NO9/c1-15(2)20-23(3,4)33-22(28)24(20)21(27)19(29-5)18-17(26)9-8-16(32-18)7-6-11-30-13-14-31-12-10-25/h7-9,15,18-20,25H,6,10-14H2,1-5H3/t18-,19+,20+/m1/s1. The molecular formula is C23H35NO9. The minimum atomic E-state index is -1.31. The lowest BCUT2D eigenvalue weighted by molar-refractivity contribution is -0.154. The molecule has 0 bridgehead atoms. The Bertz CT molecular complexity index is 759. The Balaban J connectivity index is 2.03. The molecule has 1 saturated heterocycles. The van der Waals surface area contributed by atoms with Crippen LogP contribution in [0, 0.1) is 5.92 Å². The van der Waals surface area contributed by atoms with E-state index in [1.165, 1.54) is 19.3 Å². The molecule has 0 aromatic carbocycles. The van der Waals surface area contributed by atoms with Crippen LogP contribution in [0.25, 0.3) is 0 Å². The van der Waals surface area contributed by atoms with Gasteiger partial charge in [0.2, 0.25) is 0 Å². The summed E-state index contributed by atoms with van der Waals surface area (Å²) in [5.41, 5.74) is -0.870. The minimum Gasteiger partial charge on any atom is -0.479 e. The first-order valence-electron chi connectivity index (χ1n) is 11.1. The summed E-state index contributed by atoms with van der Waals surface area (Å²) >= 11 is 0. The zero-order valence-corrected chi connectivity index (χ0v) is 19.9. The topological polar surface area (TPSA) is 121 Å². The third-order valence-corrected chi connectivity index (χ3v) is 5.35. The number of aliphatic hydroxyl groups excluding tert-OH is 1. The number of allylic oxidation sites excluding steroid dienone is 1. The second-order valence-corrected chi connectivity index (χ2v) is 8.64. The number of nitrogens with zero attached hydrogens (tertiary/aromatic N) is 1. The number of aliphatic hydroxyl groups is 1. The van der Waals surface area contributed by atoms with Gasteiger partial charge >= 0.3 is 6.09 Å². The lowest BCUT2D eigenvalue weighted by Crippen LogP contribution is -2.55. The Morgan fingerprint density at radius 1 is 1.18 bits per heavy atom. The van der Waals surface area contributed by atoms with Crippen molar-refractivity contribution in [1.29, 1.82) is 0 Å². The monoisotopic (exact) mass is 469 g/mol. The van der Waals surface area contributed by atoms with Gasteiger partial charge in [0.1, 0.15) is 11.4 Å². The SMILES string of the molecule is CO[C@H](C(=O)N1C(=O)OC(C)(C)[C@@H]1C(C)C)[C@@H]1OC(=CCCOCCOCCO)C=CC1=O. The summed E-state index contributed by atoms with van der Waals surface area (Å²) in [5, 5.41) is 8.64. The van der Waals surface area contributed by atoms with Crippen molar-refractivity contribution in [2.24, 2.45) is 5.92 Å². The summed E-state index contributed by atoms with van der Waals surface area (Å²) in [6.07, 6.45) is 1.80. The van der Waals surface area contributed by atoms with Crippen molar-refractivity contribution in [3.8, 4) is 0 Å². The van der Waals surface area contributed by atoms with Crippen molar-refractivity contribution in [3.05, 3.63) is 24.0 Å². The average Bonchev–Trinajstić information content (AvgIpc) is 3.00. The van der Waals surface area contributed by atoms with Crippen LogP contribution in [0.4, 0.5) is 4.79 Å². The fraction of sp³-hybridized carbons (Fsp3) is 0.696. The quantitative estimate of drug-likeness (QED) is 0.425. The van der Waals surface area contributed by atoms with Crippen LogP contribution in [-0.2, 0) is 33.3 Å². The first-order valence-corrected chi connectivity index (χ1v) is 11.1. The molecule has 2 aliphatic rings. The van der Waals surface area contributed by atoms with E-state index >= 15 is 0 Å². The van der Waals surface area contributed by atoms with Gasteiger partial charge in [0, 0.05) is 7.11 Å². The number of ether oxygens (including phenoxy) is 5. The van der Waals surface area contributed by atoms with E-state index in [0.29, 0.717) is 32.0 Å². The van der Waals surface area contributed by atoms with Crippen molar-refractivity contribution in [1.82, 2.24) is 4.90 Å². The molecule has 186 valence electrons. The van der Waals surface area contributed by atoms with Crippen molar-refractivity contribution in [3.63, 3.8) is 0 Å². The number of hydrogen-bond donors (Lipinski definition) is 1. The highest BCUT2D eigenvalue weighted by Crippen LogP contribution is 2.35. The van der Waals surface area contributed by atoms with Crippen LogP contribution >= 0.6 is 0 Å². The summed E-state index contributed by atoms with van der Waals surface area (Å²) in [7, 11) is 1.30. The number of methoxy groups -OCH3 is 1. The first kappa shape index (κ1) is 27.0. The van der Waals surface area contributed by atoms with E-state index in [1.54, 1.807) is 19.9 Å². The molecule has 0 unspecified atom stereocenters. The molecule has 2 amide bonds. The van der Waals surface area contributed by atoms with Gasteiger partial charge in [-0.1, -0.05) is 13.8 Å². The zero-order valence-electron chi connectivity index (χ0n) is 19.9. The Morgan fingerprint density at radius 3 is 2.45 bits per heavy atom. The minimum absolute atomic E-state index is 0.0323. The number of amides is 2. The van der Waals surface area contributed by atoms with E-state index in [4.69, 9.17) is 28.8 Å². The summed E-state index contributed by atoms with van der Waals surface area (Å²) in [5.74, 6) is -0.775. The van der Waals surface area contributed by atoms with E-state index in [0.717, 1.165) is 4.90 Å². The van der Waals surface area contributed by atoms with Crippen molar-refractivity contribution in [2.45, 2.75) is 58.0 Å². The summed E-state index contributed by atoms with van der Waals surface area (Å²) < 4.78 is 27.1. The van der Waals surface area contributed by atoms with Crippen LogP contribution in [0.1, 0.15) is 34.1 Å². The summed E-state index contributed by atoms with van der Waals surface area (Å²) in [6, 6.07) is -0.516. The molecule has 2 rings (SSSR count). The van der Waals surface area contributed by atoms with Crippen LogP contribution in [0.15, 0.2) is 24.0 Å². The van der Waals surface area contributed by atoms with Crippen LogP contribution in [0.5, 0.6) is 0 Å². The molecule has 10 heteroatoms. The lowest BCUT2D eigenvalue weighted by Gasteiger charge is -2.34. The van der Waals surface area contributed by atoms with Gasteiger partial charge in [-0.2, -0.15) is 0 Å². The number of ketones is 1. The molecule has 0 saturated carbocycles. The molecule has 0 aliphatic carbocycles. The third kappa shape index (κ3) is 6.86. The largest absolute Gasteiger partial charge is 0.479 e. The van der Waals surface area contributed by atoms with Gasteiger partial charge in [0.05, 0.1) is 39.1 Å². The van der Waals surface area contributed by atoms with Gasteiger partial charge in [-0.15, -0.1) is 0 Å². The molecule has 2 aliphatic heterocycles. The predicted octanol–water partition coefficient (Wildman–Crippen LogP) is 1.61. The number of imide groups is 1. The van der Waals surface area contributed by atoms with Gasteiger partial charge in [0.15, 0.2) is 18.0 Å². The first-order chi connectivity index (χ1) is 15.6. The molecule has 10 nitrogen and oxygen atoms in total. The van der Waals surface area contributed by atoms with E-state index in [2.05, 4.69) is 0 Å². The van der Waals surface area contributed by atoms with E-state index in [9.17, 15) is 14.4 Å². The van der Waals surface area contributed by atoms with Crippen LogP contribution in [0.3, 0.4) is 0 Å². The smallest absolute Gasteiger partial charge is 0.417 e. The second kappa shape index (κ2) is 12.3. The Labute approximate surface area is 194 Å². The molecule has 0 aromatic rings. The molecule has 0 aromatic heterocycles. The van der Waals surface area contributed by atoms with Gasteiger partial charge < -0.3 is 28.8 Å². The Morgan fingerprint density at radius 2 is 1.85 bits per heavy atom. The number of hydrogen-bond acceptors (Lipinski definition) is 9. The molecule has 0 spiro atoms. The van der Waals surface area contributed by atoms with Gasteiger partial charge in [-0.3, -0.25) is 9.59 Å². The maximum absolute atomic E-state index is 13.3. The number of carbonyl (C=O) groups excluding carboxylic acids is 3. The molecule has 2 heterocycles. The molecule has 1 N–H and O–H groups in total. The third-order valence-electron chi connectivity index (χ3n) is 5.35. The summed E-state index contributed by atoms with van der Waals surface area (Å²) in [4.78, 5) is 39.4.